The molecular formula is C23H36N2O. The molecule has 8 fully saturated rings. The van der Waals surface area contributed by atoms with E-state index in [0.29, 0.717) is 11.5 Å². The van der Waals surface area contributed by atoms with Crippen LogP contribution in [0.15, 0.2) is 0 Å². The van der Waals surface area contributed by atoms with E-state index in [1.54, 1.807) is 0 Å². The van der Waals surface area contributed by atoms with Crippen molar-refractivity contribution in [1.29, 1.82) is 0 Å². The number of hydrogen-bond acceptors (Lipinski definition) is 1. The number of rotatable bonds is 3. The van der Waals surface area contributed by atoms with E-state index in [0.717, 1.165) is 35.5 Å². The van der Waals surface area contributed by atoms with Gasteiger partial charge in [0, 0.05) is 11.6 Å². The van der Waals surface area contributed by atoms with Crippen LogP contribution in [0, 0.1) is 40.9 Å². The van der Waals surface area contributed by atoms with Gasteiger partial charge in [0.2, 0.25) is 0 Å². The quantitative estimate of drug-likeness (QED) is 0.745. The van der Waals surface area contributed by atoms with Gasteiger partial charge in [0.05, 0.1) is 0 Å². The molecule has 1 unspecified atom stereocenters. The van der Waals surface area contributed by atoms with Gasteiger partial charge in [0.1, 0.15) is 0 Å². The van der Waals surface area contributed by atoms with Gasteiger partial charge >= 0.3 is 6.03 Å². The number of carbonyl (C=O) groups excluding carboxylic acids is 1. The molecule has 8 saturated carbocycles. The molecule has 8 bridgehead atoms. The van der Waals surface area contributed by atoms with Gasteiger partial charge in [0.15, 0.2) is 0 Å². The molecule has 144 valence electrons. The Labute approximate surface area is 158 Å². The summed E-state index contributed by atoms with van der Waals surface area (Å²) in [5.41, 5.74) is 0.549. The van der Waals surface area contributed by atoms with Crippen molar-refractivity contribution in [3.63, 3.8) is 0 Å². The number of carbonyl (C=O) groups is 1. The van der Waals surface area contributed by atoms with Crippen molar-refractivity contribution < 1.29 is 4.79 Å². The van der Waals surface area contributed by atoms with Gasteiger partial charge in [0.25, 0.3) is 0 Å². The fraction of sp³-hybridized carbons (Fsp3) is 0.957. The normalized spacial score (nSPS) is 54.3. The monoisotopic (exact) mass is 356 g/mol. The molecule has 8 rings (SSSR count). The highest BCUT2D eigenvalue weighted by atomic mass is 16.2. The van der Waals surface area contributed by atoms with Crippen LogP contribution in [-0.2, 0) is 0 Å². The molecule has 3 nitrogen and oxygen atoms in total. The summed E-state index contributed by atoms with van der Waals surface area (Å²) in [7, 11) is 0. The highest BCUT2D eigenvalue weighted by Crippen LogP contribution is 2.61. The third-order valence-electron chi connectivity index (χ3n) is 9.77. The molecule has 0 radical (unpaired) electrons. The molecule has 0 heterocycles. The van der Waals surface area contributed by atoms with Gasteiger partial charge in [-0.05, 0) is 125 Å². The molecule has 2 N–H and O–H groups in total. The lowest BCUT2D eigenvalue weighted by molar-refractivity contribution is -0.0688. The Balaban J connectivity index is 1.13. The molecule has 1 atom stereocenters. The predicted molar refractivity (Wildman–Crippen MR) is 103 cm³/mol. The molecule has 8 aliphatic rings. The van der Waals surface area contributed by atoms with Crippen molar-refractivity contribution in [2.75, 3.05) is 0 Å². The van der Waals surface area contributed by atoms with Crippen molar-refractivity contribution in [1.82, 2.24) is 10.6 Å². The van der Waals surface area contributed by atoms with Crippen molar-refractivity contribution >= 4 is 6.03 Å². The van der Waals surface area contributed by atoms with Crippen molar-refractivity contribution in [3.05, 3.63) is 0 Å². The summed E-state index contributed by atoms with van der Waals surface area (Å²) in [6.45, 7) is 2.31. The number of hydrogen-bond donors (Lipinski definition) is 2. The molecule has 26 heavy (non-hydrogen) atoms. The minimum atomic E-state index is 0.139. The maximum Gasteiger partial charge on any atom is 0.315 e. The van der Waals surface area contributed by atoms with E-state index < -0.39 is 0 Å². The molecule has 0 aromatic carbocycles. The average molecular weight is 357 g/mol. The first kappa shape index (κ1) is 16.2. The zero-order valence-electron chi connectivity index (χ0n) is 16.4. The van der Waals surface area contributed by atoms with E-state index in [9.17, 15) is 4.79 Å². The van der Waals surface area contributed by atoms with Crippen molar-refractivity contribution in [3.8, 4) is 0 Å². The zero-order chi connectivity index (χ0) is 17.5. The van der Waals surface area contributed by atoms with Crippen LogP contribution in [0.5, 0.6) is 0 Å². The average Bonchev–Trinajstić information content (AvgIpc) is 2.51. The zero-order valence-corrected chi connectivity index (χ0v) is 16.4. The van der Waals surface area contributed by atoms with Crippen LogP contribution in [-0.4, -0.2) is 17.6 Å². The lowest BCUT2D eigenvalue weighted by Crippen LogP contribution is -2.63. The highest BCUT2D eigenvalue weighted by Gasteiger charge is 2.54. The summed E-state index contributed by atoms with van der Waals surface area (Å²) in [6.07, 6.45) is 16.6. The molecule has 8 aliphatic carbocycles. The van der Waals surface area contributed by atoms with Crippen LogP contribution in [0.1, 0.15) is 84.0 Å². The number of amides is 2. The Morgan fingerprint density at radius 3 is 1.54 bits per heavy atom. The second-order valence-corrected chi connectivity index (χ2v) is 11.8. The minimum absolute atomic E-state index is 0.139. The Bertz CT molecular complexity index is 541. The summed E-state index contributed by atoms with van der Waals surface area (Å²) in [5.74, 6) is 5.54. The summed E-state index contributed by atoms with van der Waals surface area (Å²) < 4.78 is 0. The van der Waals surface area contributed by atoms with Crippen LogP contribution in [0.25, 0.3) is 0 Å². The number of urea groups is 1. The number of nitrogens with one attached hydrogen (secondary N) is 2. The van der Waals surface area contributed by atoms with Crippen molar-refractivity contribution in [2.24, 2.45) is 40.9 Å². The van der Waals surface area contributed by atoms with Crippen LogP contribution in [0.2, 0.25) is 0 Å². The summed E-state index contributed by atoms with van der Waals surface area (Å²) in [4.78, 5) is 13.0. The van der Waals surface area contributed by atoms with E-state index in [4.69, 9.17) is 0 Å². The largest absolute Gasteiger partial charge is 0.335 e. The van der Waals surface area contributed by atoms with Crippen LogP contribution in [0.4, 0.5) is 4.79 Å². The Kier molecular flexibility index (Phi) is 3.38. The van der Waals surface area contributed by atoms with E-state index >= 15 is 0 Å². The summed E-state index contributed by atoms with van der Waals surface area (Å²) >= 11 is 0. The van der Waals surface area contributed by atoms with Crippen LogP contribution >= 0.6 is 0 Å². The van der Waals surface area contributed by atoms with Crippen LogP contribution < -0.4 is 10.6 Å². The topological polar surface area (TPSA) is 41.1 Å². The Morgan fingerprint density at radius 1 is 0.731 bits per heavy atom. The molecule has 0 aromatic heterocycles. The third-order valence-corrected chi connectivity index (χ3v) is 9.77. The SMILES string of the molecule is CC(NC(=O)NC12CC3CC(CC(C3)C1)C2)C12CC3CC(CC(C3)C1)C2. The first-order valence-electron chi connectivity index (χ1n) is 11.6. The van der Waals surface area contributed by atoms with Gasteiger partial charge in [-0.2, -0.15) is 0 Å². The van der Waals surface area contributed by atoms with E-state index in [-0.39, 0.29) is 11.6 Å². The fourth-order valence-electron chi connectivity index (χ4n) is 9.60. The van der Waals surface area contributed by atoms with Gasteiger partial charge in [-0.1, -0.05) is 0 Å². The van der Waals surface area contributed by atoms with Gasteiger partial charge < -0.3 is 10.6 Å². The smallest absolute Gasteiger partial charge is 0.315 e. The molecule has 0 saturated heterocycles. The Hall–Kier alpha value is -0.730. The molecular weight excluding hydrogens is 320 g/mol. The molecule has 0 aliphatic heterocycles. The van der Waals surface area contributed by atoms with E-state index in [1.807, 2.05) is 0 Å². The maximum absolute atomic E-state index is 13.0. The van der Waals surface area contributed by atoms with E-state index in [2.05, 4.69) is 17.6 Å². The summed E-state index contributed by atoms with van der Waals surface area (Å²) in [6, 6.07) is 0.486. The molecule has 3 heteroatoms. The third kappa shape index (κ3) is 2.48. The first-order valence-corrected chi connectivity index (χ1v) is 11.6. The fourth-order valence-corrected chi connectivity index (χ4v) is 9.60. The van der Waals surface area contributed by atoms with Gasteiger partial charge in [-0.25, -0.2) is 4.79 Å². The second kappa shape index (κ2) is 5.41. The summed E-state index contributed by atoms with van der Waals surface area (Å²) in [5, 5.41) is 7.00. The first-order chi connectivity index (χ1) is 12.5. The van der Waals surface area contributed by atoms with Gasteiger partial charge in [-0.15, -0.1) is 0 Å². The lowest BCUT2D eigenvalue weighted by atomic mass is 9.48. The highest BCUT2D eigenvalue weighted by molar-refractivity contribution is 5.75. The molecule has 2 amide bonds. The maximum atomic E-state index is 13.0. The van der Waals surface area contributed by atoms with Crippen molar-refractivity contribution in [2.45, 2.75) is 95.6 Å². The standard InChI is InChI=1S/C23H36N2O/c1-14(22-8-15-2-16(9-22)4-17(3-15)10-22)24-21(26)25-23-11-18-5-19(12-23)7-20(6-18)13-23/h14-20H,2-13H2,1H3,(H2,24,25,26). The molecule has 0 spiro atoms. The van der Waals surface area contributed by atoms with Crippen LogP contribution in [0.3, 0.4) is 0 Å². The van der Waals surface area contributed by atoms with E-state index in [1.165, 1.54) is 77.0 Å². The van der Waals surface area contributed by atoms with Gasteiger partial charge in [-0.3, -0.25) is 0 Å². The minimum Gasteiger partial charge on any atom is -0.335 e. The lowest BCUT2D eigenvalue weighted by Gasteiger charge is -2.59. The Morgan fingerprint density at radius 2 is 1.12 bits per heavy atom. The predicted octanol–water partition coefficient (Wildman–Crippen LogP) is 4.86. The molecule has 0 aromatic rings. The second-order valence-electron chi connectivity index (χ2n) is 11.8.